The highest BCUT2D eigenvalue weighted by Gasteiger charge is 2.20. The first-order chi connectivity index (χ1) is 10.2. The molecule has 0 atom stereocenters. The molecule has 0 spiro atoms. The topological polar surface area (TPSA) is 32.3 Å². The van der Waals surface area contributed by atoms with Gasteiger partial charge in [-0.15, -0.1) is 0 Å². The van der Waals surface area contributed by atoms with E-state index in [4.69, 9.17) is 0 Å². The lowest BCUT2D eigenvalue weighted by molar-refractivity contribution is -0.119. The Kier molecular flexibility index (Phi) is 3.86. The number of anilines is 1. The highest BCUT2D eigenvalue weighted by Crippen LogP contribution is 2.26. The minimum atomic E-state index is -0.288. The number of halogens is 1. The fraction of sp³-hybridized carbons (Fsp3) is 0.235. The van der Waals surface area contributed by atoms with Crippen molar-refractivity contribution < 1.29 is 9.18 Å². The summed E-state index contributed by atoms with van der Waals surface area (Å²) in [6, 6.07) is 14.6. The van der Waals surface area contributed by atoms with Gasteiger partial charge in [-0.3, -0.25) is 4.79 Å². The maximum atomic E-state index is 13.5. The molecule has 0 saturated heterocycles. The van der Waals surface area contributed by atoms with Gasteiger partial charge in [0, 0.05) is 24.3 Å². The lowest BCUT2D eigenvalue weighted by Gasteiger charge is -2.18. The summed E-state index contributed by atoms with van der Waals surface area (Å²) < 4.78 is 13.5. The molecule has 0 saturated carbocycles. The highest BCUT2D eigenvalue weighted by atomic mass is 19.1. The van der Waals surface area contributed by atoms with E-state index in [1.165, 1.54) is 11.6 Å². The Morgan fingerprint density at radius 2 is 1.90 bits per heavy atom. The van der Waals surface area contributed by atoms with E-state index < -0.39 is 0 Å². The van der Waals surface area contributed by atoms with Crippen molar-refractivity contribution in [2.75, 3.05) is 18.0 Å². The number of nitrogens with one attached hydrogen (secondary N) is 1. The van der Waals surface area contributed by atoms with Crippen molar-refractivity contribution in [3.8, 4) is 0 Å². The van der Waals surface area contributed by atoms with Crippen LogP contribution < -0.4 is 10.2 Å². The largest absolute Gasteiger partial charge is 0.362 e. The fourth-order valence-corrected chi connectivity index (χ4v) is 2.64. The predicted octanol–water partition coefficient (Wildman–Crippen LogP) is 2.50. The number of hydrogen-bond acceptors (Lipinski definition) is 2. The summed E-state index contributed by atoms with van der Waals surface area (Å²) in [5.41, 5.74) is 2.91. The second kappa shape index (κ2) is 5.95. The molecule has 0 radical (unpaired) electrons. The van der Waals surface area contributed by atoms with E-state index in [2.05, 4.69) is 16.3 Å². The Morgan fingerprint density at radius 3 is 2.76 bits per heavy atom. The molecule has 3 rings (SSSR count). The molecule has 1 aliphatic heterocycles. The molecule has 1 aliphatic rings. The molecule has 3 nitrogen and oxygen atoms in total. The summed E-state index contributed by atoms with van der Waals surface area (Å²) in [5.74, 6) is -0.376. The molecular weight excluding hydrogens is 267 g/mol. The van der Waals surface area contributed by atoms with Crippen LogP contribution in [0.15, 0.2) is 48.5 Å². The van der Waals surface area contributed by atoms with Crippen LogP contribution in [0.3, 0.4) is 0 Å². The second-order valence-corrected chi connectivity index (χ2v) is 5.17. The number of rotatable bonds is 4. The summed E-state index contributed by atoms with van der Waals surface area (Å²) in [5, 5.41) is 2.78. The average molecular weight is 284 g/mol. The maximum Gasteiger partial charge on any atom is 0.239 e. The Balaban J connectivity index is 1.57. The highest BCUT2D eigenvalue weighted by molar-refractivity contribution is 5.82. The van der Waals surface area contributed by atoms with Gasteiger partial charge in [-0.05, 0) is 24.1 Å². The van der Waals surface area contributed by atoms with Gasteiger partial charge in [0.15, 0.2) is 0 Å². The first-order valence-electron chi connectivity index (χ1n) is 7.07. The first-order valence-corrected chi connectivity index (χ1v) is 7.07. The number of amides is 1. The normalized spacial score (nSPS) is 13.1. The van der Waals surface area contributed by atoms with E-state index in [-0.39, 0.29) is 18.3 Å². The minimum absolute atomic E-state index is 0.0880. The van der Waals surface area contributed by atoms with Crippen molar-refractivity contribution >= 4 is 11.6 Å². The van der Waals surface area contributed by atoms with Crippen LogP contribution in [0.2, 0.25) is 0 Å². The van der Waals surface area contributed by atoms with Gasteiger partial charge in [0.2, 0.25) is 5.91 Å². The molecule has 1 heterocycles. The van der Waals surface area contributed by atoms with Gasteiger partial charge in [0.05, 0.1) is 6.54 Å². The number of fused-ring (bicyclic) bond motifs is 1. The molecular formula is C17H17FN2O. The third kappa shape index (κ3) is 3.05. The molecule has 0 unspecified atom stereocenters. The van der Waals surface area contributed by atoms with Crippen molar-refractivity contribution in [1.82, 2.24) is 5.32 Å². The Bertz CT molecular complexity index is 657. The van der Waals surface area contributed by atoms with Gasteiger partial charge in [0.1, 0.15) is 5.82 Å². The third-order valence-corrected chi connectivity index (χ3v) is 3.75. The molecule has 0 aromatic heterocycles. The van der Waals surface area contributed by atoms with E-state index in [0.717, 1.165) is 18.7 Å². The Hall–Kier alpha value is -2.36. The fourth-order valence-electron chi connectivity index (χ4n) is 2.64. The van der Waals surface area contributed by atoms with Crippen LogP contribution in [0.5, 0.6) is 0 Å². The second-order valence-electron chi connectivity index (χ2n) is 5.17. The summed E-state index contributed by atoms with van der Waals surface area (Å²) in [4.78, 5) is 14.1. The third-order valence-electron chi connectivity index (χ3n) is 3.75. The van der Waals surface area contributed by atoms with Gasteiger partial charge in [-0.25, -0.2) is 4.39 Å². The molecule has 1 amide bonds. The zero-order valence-electron chi connectivity index (χ0n) is 11.7. The van der Waals surface area contributed by atoms with Crippen molar-refractivity contribution in [2.24, 2.45) is 0 Å². The van der Waals surface area contributed by atoms with E-state index in [0.29, 0.717) is 12.1 Å². The van der Waals surface area contributed by atoms with Crippen molar-refractivity contribution in [1.29, 1.82) is 0 Å². The SMILES string of the molecule is O=C(CN1CCc2ccccc21)NCc1ccccc1F. The molecule has 21 heavy (non-hydrogen) atoms. The quantitative estimate of drug-likeness (QED) is 0.935. The summed E-state index contributed by atoms with van der Waals surface area (Å²) >= 11 is 0. The standard InChI is InChI=1S/C17H17FN2O/c18-15-7-3-1-6-14(15)11-19-17(21)12-20-10-9-13-5-2-4-8-16(13)20/h1-8H,9-12H2,(H,19,21). The van der Waals surface area contributed by atoms with Crippen LogP contribution in [0.1, 0.15) is 11.1 Å². The van der Waals surface area contributed by atoms with Gasteiger partial charge in [-0.2, -0.15) is 0 Å². The zero-order valence-corrected chi connectivity index (χ0v) is 11.7. The predicted molar refractivity (Wildman–Crippen MR) is 80.6 cm³/mol. The van der Waals surface area contributed by atoms with E-state index in [1.54, 1.807) is 18.2 Å². The molecule has 4 heteroatoms. The van der Waals surface area contributed by atoms with Crippen LogP contribution in [-0.2, 0) is 17.8 Å². The van der Waals surface area contributed by atoms with Gasteiger partial charge < -0.3 is 10.2 Å². The Labute approximate surface area is 123 Å². The van der Waals surface area contributed by atoms with E-state index in [9.17, 15) is 9.18 Å². The van der Waals surface area contributed by atoms with E-state index >= 15 is 0 Å². The number of carbonyl (C=O) groups is 1. The van der Waals surface area contributed by atoms with Crippen molar-refractivity contribution in [3.63, 3.8) is 0 Å². The van der Waals surface area contributed by atoms with Crippen LogP contribution in [-0.4, -0.2) is 19.0 Å². The zero-order chi connectivity index (χ0) is 14.7. The maximum absolute atomic E-state index is 13.5. The van der Waals surface area contributed by atoms with Crippen LogP contribution in [0, 0.1) is 5.82 Å². The summed E-state index contributed by atoms with van der Waals surface area (Å²) in [7, 11) is 0. The molecule has 1 N–H and O–H groups in total. The number of benzene rings is 2. The monoisotopic (exact) mass is 284 g/mol. The average Bonchev–Trinajstić information content (AvgIpc) is 2.90. The molecule has 2 aromatic rings. The number of para-hydroxylation sites is 1. The van der Waals surface area contributed by atoms with Gasteiger partial charge in [0.25, 0.3) is 0 Å². The Morgan fingerprint density at radius 1 is 1.14 bits per heavy atom. The van der Waals surface area contributed by atoms with Crippen LogP contribution >= 0.6 is 0 Å². The van der Waals surface area contributed by atoms with Gasteiger partial charge >= 0.3 is 0 Å². The lowest BCUT2D eigenvalue weighted by atomic mass is 10.2. The molecule has 108 valence electrons. The number of hydrogen-bond donors (Lipinski definition) is 1. The minimum Gasteiger partial charge on any atom is -0.362 e. The molecule has 2 aromatic carbocycles. The smallest absolute Gasteiger partial charge is 0.239 e. The number of nitrogens with zero attached hydrogens (tertiary/aromatic N) is 1. The lowest BCUT2D eigenvalue weighted by Crippen LogP contribution is -2.36. The molecule has 0 bridgehead atoms. The molecule has 0 fully saturated rings. The van der Waals surface area contributed by atoms with Crippen molar-refractivity contribution in [3.05, 3.63) is 65.5 Å². The number of carbonyl (C=O) groups excluding carboxylic acids is 1. The van der Waals surface area contributed by atoms with Crippen LogP contribution in [0.4, 0.5) is 10.1 Å². The van der Waals surface area contributed by atoms with Gasteiger partial charge in [-0.1, -0.05) is 36.4 Å². The van der Waals surface area contributed by atoms with Crippen molar-refractivity contribution in [2.45, 2.75) is 13.0 Å². The first kappa shape index (κ1) is 13.6. The van der Waals surface area contributed by atoms with E-state index in [1.807, 2.05) is 18.2 Å². The molecule has 0 aliphatic carbocycles. The van der Waals surface area contributed by atoms with Crippen LogP contribution in [0.25, 0.3) is 0 Å². The summed E-state index contributed by atoms with van der Waals surface area (Å²) in [6.45, 7) is 1.39. The summed E-state index contributed by atoms with van der Waals surface area (Å²) in [6.07, 6.45) is 0.969.